The third-order valence-corrected chi connectivity index (χ3v) is 6.99. The zero-order valence-corrected chi connectivity index (χ0v) is 16.4. The molecule has 2 aliphatic heterocycles. The van der Waals surface area contributed by atoms with Crippen LogP contribution in [0.25, 0.3) is 0 Å². The monoisotopic (exact) mass is 421 g/mol. The van der Waals surface area contributed by atoms with E-state index in [1.807, 2.05) is 0 Å². The molecule has 1 aromatic carbocycles. The van der Waals surface area contributed by atoms with Crippen molar-refractivity contribution in [1.29, 1.82) is 0 Å². The van der Waals surface area contributed by atoms with Gasteiger partial charge >= 0.3 is 5.97 Å². The molecule has 154 valence electrons. The number of piperazine rings is 1. The lowest BCUT2D eigenvalue weighted by Crippen LogP contribution is -2.62. The van der Waals surface area contributed by atoms with Crippen LogP contribution in [-0.4, -0.2) is 55.5 Å². The number of hydrogen-bond donors (Lipinski definition) is 1. The third-order valence-electron chi connectivity index (χ3n) is 5.16. The summed E-state index contributed by atoms with van der Waals surface area (Å²) >= 11 is 0. The number of methoxy groups -OCH3 is 1. The number of hydrogen-bond acceptors (Lipinski definition) is 7. The Labute approximate surface area is 167 Å². The summed E-state index contributed by atoms with van der Waals surface area (Å²) in [6, 6.07) is 6.99. The van der Waals surface area contributed by atoms with Crippen molar-refractivity contribution in [2.24, 2.45) is 0 Å². The van der Waals surface area contributed by atoms with Crippen molar-refractivity contribution in [3.63, 3.8) is 0 Å². The topological polar surface area (TPSA) is 97.8 Å². The molecule has 2 bridgehead atoms. The van der Waals surface area contributed by atoms with Gasteiger partial charge in [0.15, 0.2) is 0 Å². The van der Waals surface area contributed by atoms with E-state index in [-0.39, 0.29) is 29.4 Å². The molecular formula is C19H20FN3O5S. The number of nitrogens with one attached hydrogen (secondary N) is 1. The number of ether oxygens (including phenoxy) is 2. The average Bonchev–Trinajstić information content (AvgIpc) is 3.10. The second kappa shape index (κ2) is 7.69. The third kappa shape index (κ3) is 3.83. The Morgan fingerprint density at radius 3 is 2.62 bits per heavy atom. The molecule has 0 aliphatic carbocycles. The van der Waals surface area contributed by atoms with E-state index in [9.17, 15) is 17.6 Å². The van der Waals surface area contributed by atoms with E-state index in [0.29, 0.717) is 12.2 Å². The molecule has 0 unspecified atom stereocenters. The number of carbonyl (C=O) groups excluding carboxylic acids is 1. The maximum absolute atomic E-state index is 13.2. The number of carbonyl (C=O) groups is 1. The van der Waals surface area contributed by atoms with E-state index >= 15 is 0 Å². The largest absolute Gasteiger partial charge is 0.468 e. The maximum atomic E-state index is 13.2. The van der Waals surface area contributed by atoms with Crippen LogP contribution < -0.4 is 10.1 Å². The number of rotatable bonds is 5. The molecule has 1 aromatic heterocycles. The second-order valence-electron chi connectivity index (χ2n) is 6.98. The van der Waals surface area contributed by atoms with Crippen LogP contribution in [0.3, 0.4) is 0 Å². The minimum atomic E-state index is -3.96. The van der Waals surface area contributed by atoms with Gasteiger partial charge in [0, 0.05) is 24.7 Å². The zero-order chi connectivity index (χ0) is 20.6. The molecule has 0 saturated carbocycles. The summed E-state index contributed by atoms with van der Waals surface area (Å²) in [5.41, 5.74) is 0. The average molecular weight is 421 g/mol. The van der Waals surface area contributed by atoms with Gasteiger partial charge in [0.1, 0.15) is 22.5 Å². The summed E-state index contributed by atoms with van der Waals surface area (Å²) in [6.07, 6.45) is 2.69. The Bertz CT molecular complexity index is 998. The highest BCUT2D eigenvalue weighted by atomic mass is 32.2. The quantitative estimate of drug-likeness (QED) is 0.734. The molecule has 2 aliphatic rings. The Morgan fingerprint density at radius 1 is 1.21 bits per heavy atom. The van der Waals surface area contributed by atoms with E-state index in [1.54, 1.807) is 0 Å². The number of sulfonamides is 1. The first-order valence-corrected chi connectivity index (χ1v) is 10.6. The van der Waals surface area contributed by atoms with Gasteiger partial charge in [-0.3, -0.25) is 4.79 Å². The van der Waals surface area contributed by atoms with Gasteiger partial charge in [-0.05, 0) is 43.2 Å². The van der Waals surface area contributed by atoms with Crippen LogP contribution in [0, 0.1) is 5.82 Å². The predicted octanol–water partition coefficient (Wildman–Crippen LogP) is 1.68. The highest BCUT2D eigenvalue weighted by molar-refractivity contribution is 7.89. The molecule has 0 spiro atoms. The van der Waals surface area contributed by atoms with Gasteiger partial charge in [-0.2, -0.15) is 4.31 Å². The summed E-state index contributed by atoms with van der Waals surface area (Å²) in [6.45, 7) is 0.187. The van der Waals surface area contributed by atoms with Crippen molar-refractivity contribution in [3.05, 3.63) is 48.4 Å². The molecule has 3 atom stereocenters. The molecule has 10 heteroatoms. The number of esters is 1. The van der Waals surface area contributed by atoms with Crippen molar-refractivity contribution >= 4 is 16.0 Å². The summed E-state index contributed by atoms with van der Waals surface area (Å²) in [7, 11) is -2.72. The van der Waals surface area contributed by atoms with Gasteiger partial charge < -0.3 is 14.8 Å². The standard InChI is InChI=1S/C19H20FN3O5S/c1-27-19(24)18-16-8-4-13(22-16)11-23(18)29(25,26)15-7-9-17(21-10-15)28-14-5-2-12(20)3-6-14/h2-3,5-7,9-10,13,16,18,22H,4,8,11H2,1H3/t13-,16+,18+/m1/s1. The van der Waals surface area contributed by atoms with Crippen LogP contribution in [-0.2, 0) is 19.6 Å². The molecule has 0 radical (unpaired) electrons. The van der Waals surface area contributed by atoms with Crippen LogP contribution >= 0.6 is 0 Å². The zero-order valence-electron chi connectivity index (χ0n) is 15.6. The minimum absolute atomic E-state index is 0.00437. The molecular weight excluding hydrogens is 401 g/mol. The first kappa shape index (κ1) is 19.7. The fourth-order valence-electron chi connectivity index (χ4n) is 3.76. The number of aromatic nitrogens is 1. The molecule has 2 fully saturated rings. The normalized spacial score (nSPS) is 24.3. The van der Waals surface area contributed by atoms with Crippen LogP contribution in [0.2, 0.25) is 0 Å². The van der Waals surface area contributed by atoms with E-state index < -0.39 is 27.9 Å². The van der Waals surface area contributed by atoms with Gasteiger partial charge in [0.25, 0.3) is 0 Å². The summed E-state index contributed by atoms with van der Waals surface area (Å²) in [4.78, 5) is 16.3. The molecule has 8 nitrogen and oxygen atoms in total. The van der Waals surface area contributed by atoms with Gasteiger partial charge in [0.05, 0.1) is 13.3 Å². The van der Waals surface area contributed by atoms with Gasteiger partial charge in [0.2, 0.25) is 15.9 Å². The number of fused-ring (bicyclic) bond motifs is 2. The summed E-state index contributed by atoms with van der Waals surface area (Å²) in [5, 5.41) is 3.28. The van der Waals surface area contributed by atoms with Gasteiger partial charge in [-0.1, -0.05) is 0 Å². The maximum Gasteiger partial charge on any atom is 0.325 e. The molecule has 4 rings (SSSR count). The highest BCUT2D eigenvalue weighted by Gasteiger charge is 2.49. The second-order valence-corrected chi connectivity index (χ2v) is 8.87. The van der Waals surface area contributed by atoms with E-state index in [1.165, 1.54) is 54.0 Å². The highest BCUT2D eigenvalue weighted by Crippen LogP contribution is 2.31. The molecule has 0 amide bonds. The lowest BCUT2D eigenvalue weighted by atomic mass is 10.1. The molecule has 29 heavy (non-hydrogen) atoms. The predicted molar refractivity (Wildman–Crippen MR) is 100 cm³/mol. The fourth-order valence-corrected chi connectivity index (χ4v) is 5.37. The Hall–Kier alpha value is -2.56. The summed E-state index contributed by atoms with van der Waals surface area (Å²) < 4.78 is 51.0. The van der Waals surface area contributed by atoms with Crippen molar-refractivity contribution in [2.75, 3.05) is 13.7 Å². The fraction of sp³-hybridized carbons (Fsp3) is 0.368. The van der Waals surface area contributed by atoms with Crippen molar-refractivity contribution in [1.82, 2.24) is 14.6 Å². The van der Waals surface area contributed by atoms with E-state index in [0.717, 1.165) is 6.42 Å². The van der Waals surface area contributed by atoms with E-state index in [4.69, 9.17) is 9.47 Å². The SMILES string of the molecule is COC(=O)[C@@H]1[C@@H]2CC[C@H](CN1S(=O)(=O)c1ccc(Oc3ccc(F)cc3)nc1)N2. The smallest absolute Gasteiger partial charge is 0.325 e. The summed E-state index contributed by atoms with van der Waals surface area (Å²) in [5.74, 6) is -0.438. The van der Waals surface area contributed by atoms with E-state index in [2.05, 4.69) is 10.3 Å². The molecule has 2 saturated heterocycles. The van der Waals surface area contributed by atoms with Crippen LogP contribution in [0.15, 0.2) is 47.5 Å². The van der Waals surface area contributed by atoms with Crippen LogP contribution in [0.5, 0.6) is 11.6 Å². The number of nitrogens with zero attached hydrogens (tertiary/aromatic N) is 2. The number of pyridine rings is 1. The first-order valence-electron chi connectivity index (χ1n) is 9.13. The lowest BCUT2D eigenvalue weighted by Gasteiger charge is -2.37. The number of benzene rings is 1. The number of halogens is 1. The molecule has 1 N–H and O–H groups in total. The first-order chi connectivity index (χ1) is 13.9. The lowest BCUT2D eigenvalue weighted by molar-refractivity contribution is -0.146. The molecule has 3 heterocycles. The van der Waals surface area contributed by atoms with Gasteiger partial charge in [-0.25, -0.2) is 17.8 Å². The van der Waals surface area contributed by atoms with Crippen LogP contribution in [0.1, 0.15) is 12.8 Å². The Kier molecular flexibility index (Phi) is 5.24. The minimum Gasteiger partial charge on any atom is -0.468 e. The van der Waals surface area contributed by atoms with Crippen LogP contribution in [0.4, 0.5) is 4.39 Å². The van der Waals surface area contributed by atoms with Crippen molar-refractivity contribution in [3.8, 4) is 11.6 Å². The van der Waals surface area contributed by atoms with Crippen molar-refractivity contribution < 1.29 is 27.1 Å². The molecule has 2 aromatic rings. The Morgan fingerprint density at radius 2 is 1.97 bits per heavy atom. The Balaban J connectivity index is 1.57. The van der Waals surface area contributed by atoms with Crippen molar-refractivity contribution in [2.45, 2.75) is 35.9 Å². The van der Waals surface area contributed by atoms with Gasteiger partial charge in [-0.15, -0.1) is 0 Å².